The van der Waals surface area contributed by atoms with Crippen LogP contribution in [-0.4, -0.2) is 23.1 Å². The van der Waals surface area contributed by atoms with Gasteiger partial charge in [0.25, 0.3) is 0 Å². The smallest absolute Gasteiger partial charge is 0.160 e. The zero-order valence-corrected chi connectivity index (χ0v) is 23.8. The molecule has 0 aliphatic carbocycles. The molecule has 0 bridgehead atoms. The standard InChI is InChI=1S/C36H22Cl2N4/c37-29-19-15-27(16-20-29)35-39-31(23-7-3-1-4-8-23)33(41-35)25-11-13-26(14-12-25)34-32(24-9-5-2-6-10-24)40-36(42-34)28-17-21-30(38)22-18-28/h1-22H. The SMILES string of the molecule is Clc1ccc(C2=NC(=c3ccc(=C4N=C(c5ccc(Cl)cc5)N=C4c4ccccc4)cc3)C(c3ccccc3)=N2)cc1. The van der Waals surface area contributed by atoms with Crippen LogP contribution in [0.25, 0.3) is 11.4 Å². The highest BCUT2D eigenvalue weighted by atomic mass is 35.5. The molecule has 0 unspecified atom stereocenters. The van der Waals surface area contributed by atoms with Crippen LogP contribution in [0.1, 0.15) is 22.3 Å². The van der Waals surface area contributed by atoms with E-state index in [0.717, 1.165) is 55.5 Å². The van der Waals surface area contributed by atoms with Crippen molar-refractivity contribution in [3.05, 3.63) is 176 Å². The van der Waals surface area contributed by atoms with Crippen LogP contribution < -0.4 is 10.4 Å². The molecule has 0 saturated carbocycles. The molecule has 0 aromatic heterocycles. The maximum atomic E-state index is 6.13. The predicted octanol–water partition coefficient (Wildman–Crippen LogP) is 7.11. The molecule has 0 amide bonds. The third-order valence-corrected chi connectivity index (χ3v) is 7.55. The van der Waals surface area contributed by atoms with Crippen molar-refractivity contribution in [2.24, 2.45) is 20.0 Å². The van der Waals surface area contributed by atoms with Crippen molar-refractivity contribution in [3.8, 4) is 0 Å². The molecule has 2 aliphatic rings. The van der Waals surface area contributed by atoms with Crippen molar-refractivity contribution in [2.75, 3.05) is 0 Å². The summed E-state index contributed by atoms with van der Waals surface area (Å²) in [7, 11) is 0. The molecular formula is C36H22Cl2N4. The lowest BCUT2D eigenvalue weighted by atomic mass is 10.0. The van der Waals surface area contributed by atoms with Crippen LogP contribution in [0, 0.1) is 0 Å². The molecule has 5 aromatic rings. The monoisotopic (exact) mass is 580 g/mol. The second-order valence-electron chi connectivity index (χ2n) is 9.81. The summed E-state index contributed by atoms with van der Waals surface area (Å²) in [4.78, 5) is 19.9. The van der Waals surface area contributed by atoms with Crippen molar-refractivity contribution < 1.29 is 0 Å². The molecular weight excluding hydrogens is 559 g/mol. The largest absolute Gasteiger partial charge is 0.226 e. The van der Waals surface area contributed by atoms with Gasteiger partial charge < -0.3 is 0 Å². The lowest BCUT2D eigenvalue weighted by molar-refractivity contribution is 1.46. The maximum absolute atomic E-state index is 6.13. The molecule has 200 valence electrons. The van der Waals surface area contributed by atoms with Gasteiger partial charge in [0.15, 0.2) is 11.7 Å². The Morgan fingerprint density at radius 1 is 0.333 bits per heavy atom. The van der Waals surface area contributed by atoms with Crippen molar-refractivity contribution in [1.29, 1.82) is 0 Å². The van der Waals surface area contributed by atoms with Crippen molar-refractivity contribution in [1.82, 2.24) is 0 Å². The Kier molecular flexibility index (Phi) is 6.92. The summed E-state index contributed by atoms with van der Waals surface area (Å²) in [6.07, 6.45) is 0. The number of benzene rings is 5. The summed E-state index contributed by atoms with van der Waals surface area (Å²) in [6, 6.07) is 43.7. The Bertz CT molecular complexity index is 1880. The van der Waals surface area contributed by atoms with Gasteiger partial charge in [-0.3, -0.25) is 0 Å². The van der Waals surface area contributed by atoms with Gasteiger partial charge in [-0.2, -0.15) is 0 Å². The normalized spacial score (nSPS) is 14.4. The molecule has 0 N–H and O–H groups in total. The molecule has 0 atom stereocenters. The van der Waals surface area contributed by atoms with Crippen LogP contribution in [0.4, 0.5) is 0 Å². The minimum atomic E-state index is 0.658. The van der Waals surface area contributed by atoms with E-state index in [0.29, 0.717) is 21.7 Å². The van der Waals surface area contributed by atoms with E-state index in [1.54, 1.807) is 0 Å². The number of halogens is 2. The van der Waals surface area contributed by atoms with Crippen LogP contribution in [0.5, 0.6) is 0 Å². The Morgan fingerprint density at radius 3 is 1.05 bits per heavy atom. The van der Waals surface area contributed by atoms with E-state index in [2.05, 4.69) is 48.5 Å². The van der Waals surface area contributed by atoms with Crippen LogP contribution in [0.3, 0.4) is 0 Å². The van der Waals surface area contributed by atoms with Gasteiger partial charge in [-0.05, 0) is 48.5 Å². The average Bonchev–Trinajstić information content (AvgIpc) is 3.69. The highest BCUT2D eigenvalue weighted by Gasteiger charge is 2.22. The first kappa shape index (κ1) is 26.0. The Hall–Kier alpha value is -4.90. The van der Waals surface area contributed by atoms with Crippen LogP contribution in [0.2, 0.25) is 10.0 Å². The van der Waals surface area contributed by atoms with Gasteiger partial charge >= 0.3 is 0 Å². The second-order valence-corrected chi connectivity index (χ2v) is 10.7. The molecule has 4 nitrogen and oxygen atoms in total. The Balaban J connectivity index is 1.37. The van der Waals surface area contributed by atoms with Crippen molar-refractivity contribution >= 4 is 57.7 Å². The maximum Gasteiger partial charge on any atom is 0.160 e. The summed E-state index contributed by atoms with van der Waals surface area (Å²) < 4.78 is 0. The predicted molar refractivity (Wildman–Crippen MR) is 174 cm³/mol. The molecule has 0 spiro atoms. The molecule has 0 fully saturated rings. The first-order valence-corrected chi connectivity index (χ1v) is 14.2. The van der Waals surface area contributed by atoms with Crippen LogP contribution in [0.15, 0.2) is 153 Å². The molecule has 6 heteroatoms. The summed E-state index contributed by atoms with van der Waals surface area (Å²) in [5.74, 6) is 1.32. The van der Waals surface area contributed by atoms with Gasteiger partial charge in [0.05, 0.1) is 22.8 Å². The highest BCUT2D eigenvalue weighted by Crippen LogP contribution is 2.23. The number of amidine groups is 2. The molecule has 7 rings (SSSR count). The van der Waals surface area contributed by atoms with Gasteiger partial charge in [-0.15, -0.1) is 0 Å². The number of aliphatic imine (C=N–C) groups is 4. The molecule has 0 radical (unpaired) electrons. The number of hydrogen-bond acceptors (Lipinski definition) is 4. The number of nitrogens with zero attached hydrogens (tertiary/aromatic N) is 4. The van der Waals surface area contributed by atoms with E-state index >= 15 is 0 Å². The van der Waals surface area contributed by atoms with Crippen LogP contribution in [-0.2, 0) is 0 Å². The fourth-order valence-electron chi connectivity index (χ4n) is 4.92. The van der Waals surface area contributed by atoms with Gasteiger partial charge in [0, 0.05) is 42.7 Å². The summed E-state index contributed by atoms with van der Waals surface area (Å²) in [6.45, 7) is 0. The van der Waals surface area contributed by atoms with Gasteiger partial charge in [-0.25, -0.2) is 20.0 Å². The average molecular weight is 582 g/mol. The number of hydrogen-bond donors (Lipinski definition) is 0. The minimum Gasteiger partial charge on any atom is -0.226 e. The zero-order chi connectivity index (χ0) is 28.5. The highest BCUT2D eigenvalue weighted by molar-refractivity contribution is 6.37. The molecule has 5 aromatic carbocycles. The molecule has 2 heterocycles. The van der Waals surface area contributed by atoms with E-state index in [-0.39, 0.29) is 0 Å². The fourth-order valence-corrected chi connectivity index (χ4v) is 5.18. The van der Waals surface area contributed by atoms with E-state index in [4.69, 9.17) is 43.2 Å². The summed E-state index contributed by atoms with van der Waals surface area (Å²) in [5, 5.41) is 3.27. The number of rotatable bonds is 4. The Labute approximate surface area is 253 Å². The van der Waals surface area contributed by atoms with Gasteiger partial charge in [0.2, 0.25) is 0 Å². The van der Waals surface area contributed by atoms with Crippen molar-refractivity contribution in [2.45, 2.75) is 0 Å². The molecule has 0 saturated heterocycles. The first-order valence-electron chi connectivity index (χ1n) is 13.5. The second kappa shape index (κ2) is 11.2. The quantitative estimate of drug-likeness (QED) is 0.217. The van der Waals surface area contributed by atoms with E-state index < -0.39 is 0 Å². The lowest BCUT2D eigenvalue weighted by Gasteiger charge is -2.03. The summed E-state index contributed by atoms with van der Waals surface area (Å²) >= 11 is 12.3. The third kappa shape index (κ3) is 5.14. The zero-order valence-electron chi connectivity index (χ0n) is 22.2. The topological polar surface area (TPSA) is 49.4 Å². The fraction of sp³-hybridized carbons (Fsp3) is 0. The summed E-state index contributed by atoms with van der Waals surface area (Å²) in [5.41, 5.74) is 7.12. The van der Waals surface area contributed by atoms with Gasteiger partial charge in [-0.1, -0.05) is 108 Å². The van der Waals surface area contributed by atoms with Gasteiger partial charge in [0.1, 0.15) is 0 Å². The van der Waals surface area contributed by atoms with E-state index in [1.807, 2.05) is 84.9 Å². The molecule has 42 heavy (non-hydrogen) atoms. The lowest BCUT2D eigenvalue weighted by Crippen LogP contribution is -2.17. The molecule has 2 aliphatic heterocycles. The third-order valence-electron chi connectivity index (χ3n) is 7.05. The first-order chi connectivity index (χ1) is 20.6. The minimum absolute atomic E-state index is 0.658. The van der Waals surface area contributed by atoms with Crippen LogP contribution >= 0.6 is 23.2 Å². The van der Waals surface area contributed by atoms with E-state index in [1.165, 1.54) is 0 Å². The Morgan fingerprint density at radius 2 is 0.690 bits per heavy atom. The van der Waals surface area contributed by atoms with E-state index in [9.17, 15) is 0 Å². The van der Waals surface area contributed by atoms with Crippen molar-refractivity contribution in [3.63, 3.8) is 0 Å².